The van der Waals surface area contributed by atoms with Crippen LogP contribution in [0.25, 0.3) is 6.08 Å². The average molecular weight is 335 g/mol. The predicted octanol–water partition coefficient (Wildman–Crippen LogP) is 4.06. The number of hydrogen-bond acceptors (Lipinski definition) is 2. The van der Waals surface area contributed by atoms with E-state index >= 15 is 0 Å². The van der Waals surface area contributed by atoms with Crippen molar-refractivity contribution in [3.63, 3.8) is 0 Å². The van der Waals surface area contributed by atoms with Gasteiger partial charge in [0.15, 0.2) is 0 Å². The molecule has 0 aromatic heterocycles. The quantitative estimate of drug-likeness (QED) is 0.828. The van der Waals surface area contributed by atoms with Crippen molar-refractivity contribution < 1.29 is 27.9 Å². The molecule has 0 aliphatic rings. The van der Waals surface area contributed by atoms with E-state index in [1.54, 1.807) is 0 Å². The number of hydrogen-bond donors (Lipinski definition) is 2. The first-order valence-corrected chi connectivity index (χ1v) is 6.75. The zero-order valence-electron chi connectivity index (χ0n) is 12.2. The molecule has 0 bridgehead atoms. The molecule has 0 aliphatic heterocycles. The minimum Gasteiger partial charge on any atom is -0.478 e. The van der Waals surface area contributed by atoms with Gasteiger partial charge >= 0.3 is 12.1 Å². The number of anilines is 1. The minimum absolute atomic E-state index is 0.00894. The minimum atomic E-state index is -4.45. The number of carbonyl (C=O) groups excluding carboxylic acids is 1. The lowest BCUT2D eigenvalue weighted by atomic mass is 10.1. The molecule has 0 unspecified atom stereocenters. The standard InChI is InChI=1S/C17H12F3NO3/c18-17(19,20)13-5-1-3-11(9-13)7-8-15(22)21-14-6-2-4-12(10-14)16(23)24/h1-10H,(H,21,22)(H,23,24). The first-order chi connectivity index (χ1) is 11.3. The molecule has 24 heavy (non-hydrogen) atoms. The smallest absolute Gasteiger partial charge is 0.416 e. The lowest BCUT2D eigenvalue weighted by molar-refractivity contribution is -0.137. The summed E-state index contributed by atoms with van der Waals surface area (Å²) in [6, 6.07) is 10.2. The molecule has 0 atom stereocenters. The summed E-state index contributed by atoms with van der Waals surface area (Å²) in [4.78, 5) is 22.6. The van der Waals surface area contributed by atoms with Gasteiger partial charge < -0.3 is 10.4 Å². The maximum Gasteiger partial charge on any atom is 0.416 e. The van der Waals surface area contributed by atoms with Gasteiger partial charge in [-0.3, -0.25) is 4.79 Å². The molecule has 0 radical (unpaired) electrons. The van der Waals surface area contributed by atoms with Crippen LogP contribution in [0, 0.1) is 0 Å². The van der Waals surface area contributed by atoms with Crippen molar-refractivity contribution in [2.45, 2.75) is 6.18 Å². The molecule has 1 amide bonds. The van der Waals surface area contributed by atoms with Crippen LogP contribution < -0.4 is 5.32 Å². The Balaban J connectivity index is 2.08. The Labute approximate surface area is 135 Å². The van der Waals surface area contributed by atoms with E-state index < -0.39 is 23.6 Å². The summed E-state index contributed by atoms with van der Waals surface area (Å²) in [5.41, 5.74) is -0.304. The number of carboxylic acids is 1. The van der Waals surface area contributed by atoms with E-state index in [1.165, 1.54) is 42.5 Å². The van der Waals surface area contributed by atoms with Crippen molar-refractivity contribution >= 4 is 23.6 Å². The number of halogens is 3. The van der Waals surface area contributed by atoms with E-state index in [0.29, 0.717) is 0 Å². The van der Waals surface area contributed by atoms with Crippen LogP contribution in [-0.2, 0) is 11.0 Å². The first kappa shape index (κ1) is 17.3. The number of alkyl halides is 3. The van der Waals surface area contributed by atoms with Crippen molar-refractivity contribution in [2.75, 3.05) is 5.32 Å². The second-order valence-electron chi connectivity index (χ2n) is 4.83. The zero-order chi connectivity index (χ0) is 17.7. The number of carbonyl (C=O) groups is 2. The molecular formula is C17H12F3NO3. The molecule has 0 spiro atoms. The number of amides is 1. The molecule has 0 fully saturated rings. The summed E-state index contributed by atoms with van der Waals surface area (Å²) in [6.45, 7) is 0. The van der Waals surface area contributed by atoms with Crippen LogP contribution in [0.4, 0.5) is 18.9 Å². The van der Waals surface area contributed by atoms with Crippen molar-refractivity contribution in [3.05, 3.63) is 71.3 Å². The number of aromatic carboxylic acids is 1. The Morgan fingerprint density at radius 3 is 2.42 bits per heavy atom. The molecule has 2 N–H and O–H groups in total. The van der Waals surface area contributed by atoms with Crippen LogP contribution in [0.2, 0.25) is 0 Å². The monoisotopic (exact) mass is 335 g/mol. The Bertz CT molecular complexity index is 798. The molecule has 0 heterocycles. The molecule has 124 valence electrons. The highest BCUT2D eigenvalue weighted by molar-refractivity contribution is 6.02. The van der Waals surface area contributed by atoms with Gasteiger partial charge in [-0.05, 0) is 42.0 Å². The fourth-order valence-electron chi connectivity index (χ4n) is 1.90. The van der Waals surface area contributed by atoms with E-state index in [9.17, 15) is 22.8 Å². The molecule has 2 aromatic rings. The van der Waals surface area contributed by atoms with Gasteiger partial charge in [0.1, 0.15) is 0 Å². The SMILES string of the molecule is O=C(C=Cc1cccc(C(F)(F)F)c1)Nc1cccc(C(=O)O)c1. The molecule has 7 heteroatoms. The summed E-state index contributed by atoms with van der Waals surface area (Å²) in [6.07, 6.45) is -2.14. The Kier molecular flexibility index (Phi) is 5.03. The number of nitrogens with one attached hydrogen (secondary N) is 1. The Morgan fingerprint density at radius 1 is 1.04 bits per heavy atom. The molecule has 2 aromatic carbocycles. The van der Waals surface area contributed by atoms with Crippen LogP contribution >= 0.6 is 0 Å². The molecule has 0 aliphatic carbocycles. The number of benzene rings is 2. The summed E-state index contributed by atoms with van der Waals surface area (Å²) in [7, 11) is 0. The fourth-order valence-corrected chi connectivity index (χ4v) is 1.90. The molecule has 0 saturated carbocycles. The highest BCUT2D eigenvalue weighted by atomic mass is 19.4. The van der Waals surface area contributed by atoms with E-state index in [-0.39, 0.29) is 16.8 Å². The summed E-state index contributed by atoms with van der Waals surface area (Å²) >= 11 is 0. The predicted molar refractivity (Wildman–Crippen MR) is 82.5 cm³/mol. The molecule has 0 saturated heterocycles. The van der Waals surface area contributed by atoms with Gasteiger partial charge in [-0.1, -0.05) is 18.2 Å². The van der Waals surface area contributed by atoms with Gasteiger partial charge in [-0.2, -0.15) is 13.2 Å². The fraction of sp³-hybridized carbons (Fsp3) is 0.0588. The Hall–Kier alpha value is -3.09. The number of rotatable bonds is 4. The van der Waals surface area contributed by atoms with Crippen LogP contribution in [0.15, 0.2) is 54.6 Å². The van der Waals surface area contributed by atoms with Crippen molar-refractivity contribution in [3.8, 4) is 0 Å². The zero-order valence-corrected chi connectivity index (χ0v) is 12.2. The average Bonchev–Trinajstić information content (AvgIpc) is 2.52. The summed E-state index contributed by atoms with van der Waals surface area (Å²) in [5, 5.41) is 11.3. The van der Waals surface area contributed by atoms with Gasteiger partial charge in [0, 0.05) is 11.8 Å². The second kappa shape index (κ2) is 6.99. The largest absolute Gasteiger partial charge is 0.478 e. The highest BCUT2D eigenvalue weighted by Gasteiger charge is 2.30. The third-order valence-corrected chi connectivity index (χ3v) is 3.02. The lowest BCUT2D eigenvalue weighted by Crippen LogP contribution is -2.08. The summed E-state index contributed by atoms with van der Waals surface area (Å²) < 4.78 is 37.8. The normalized spacial score (nSPS) is 11.5. The maximum atomic E-state index is 12.6. The molecule has 4 nitrogen and oxygen atoms in total. The van der Waals surface area contributed by atoms with Gasteiger partial charge in [-0.15, -0.1) is 0 Å². The van der Waals surface area contributed by atoms with E-state index in [0.717, 1.165) is 18.2 Å². The van der Waals surface area contributed by atoms with Crippen LogP contribution in [-0.4, -0.2) is 17.0 Å². The van der Waals surface area contributed by atoms with Gasteiger partial charge in [0.05, 0.1) is 11.1 Å². The van der Waals surface area contributed by atoms with Crippen molar-refractivity contribution in [1.82, 2.24) is 0 Å². The second-order valence-corrected chi connectivity index (χ2v) is 4.83. The van der Waals surface area contributed by atoms with Crippen molar-refractivity contribution in [2.24, 2.45) is 0 Å². The van der Waals surface area contributed by atoms with Crippen LogP contribution in [0.5, 0.6) is 0 Å². The van der Waals surface area contributed by atoms with Crippen molar-refractivity contribution in [1.29, 1.82) is 0 Å². The first-order valence-electron chi connectivity index (χ1n) is 6.75. The van der Waals surface area contributed by atoms with E-state index in [2.05, 4.69) is 5.32 Å². The highest BCUT2D eigenvalue weighted by Crippen LogP contribution is 2.29. The number of carboxylic acid groups (broad SMARTS) is 1. The van der Waals surface area contributed by atoms with Crippen LogP contribution in [0.3, 0.4) is 0 Å². The molecular weight excluding hydrogens is 323 g/mol. The van der Waals surface area contributed by atoms with Gasteiger partial charge in [0.2, 0.25) is 5.91 Å². The Morgan fingerprint density at radius 2 is 1.75 bits per heavy atom. The summed E-state index contributed by atoms with van der Waals surface area (Å²) in [5.74, 6) is -1.72. The van der Waals surface area contributed by atoms with Crippen LogP contribution in [0.1, 0.15) is 21.5 Å². The van der Waals surface area contributed by atoms with E-state index in [4.69, 9.17) is 5.11 Å². The molecule has 2 rings (SSSR count). The third-order valence-electron chi connectivity index (χ3n) is 3.02. The van der Waals surface area contributed by atoms with Gasteiger partial charge in [-0.25, -0.2) is 4.79 Å². The van der Waals surface area contributed by atoms with E-state index in [1.807, 2.05) is 0 Å². The topological polar surface area (TPSA) is 66.4 Å². The van der Waals surface area contributed by atoms with Gasteiger partial charge in [0.25, 0.3) is 0 Å². The maximum absolute atomic E-state index is 12.6. The third kappa shape index (κ3) is 4.70. The lowest BCUT2D eigenvalue weighted by Gasteiger charge is -2.06.